The molecule has 17 heteroatoms. The summed E-state index contributed by atoms with van der Waals surface area (Å²) in [5, 5.41) is 5.76. The molecular formula is C40H60N10O7. The van der Waals surface area contributed by atoms with Crippen LogP contribution < -0.4 is 10.6 Å². The molecule has 5 amide bonds. The molecule has 4 aliphatic heterocycles. The summed E-state index contributed by atoms with van der Waals surface area (Å²) in [6, 6.07) is -1.80. The summed E-state index contributed by atoms with van der Waals surface area (Å²) in [5.41, 5.74) is 0.732. The predicted octanol–water partition coefficient (Wildman–Crippen LogP) is 3.73. The van der Waals surface area contributed by atoms with Gasteiger partial charge in [-0.1, -0.05) is 27.7 Å². The number of aromatic nitrogens is 4. The first-order valence-corrected chi connectivity index (χ1v) is 20.4. The Bertz CT molecular complexity index is 1660. The highest BCUT2D eigenvalue weighted by molar-refractivity contribution is 5.93. The van der Waals surface area contributed by atoms with Gasteiger partial charge in [0.1, 0.15) is 35.1 Å². The summed E-state index contributed by atoms with van der Waals surface area (Å²) in [7, 11) is 2.78. The monoisotopic (exact) mass is 792 g/mol. The molecule has 4 atom stereocenters. The minimum absolute atomic E-state index is 0.00974. The van der Waals surface area contributed by atoms with Crippen LogP contribution in [0.1, 0.15) is 124 Å². The van der Waals surface area contributed by atoms with Gasteiger partial charge in [-0.3, -0.25) is 19.2 Å². The van der Waals surface area contributed by atoms with Gasteiger partial charge in [-0.05, 0) is 75.2 Å². The Kier molecular flexibility index (Phi) is 12.8. The molecule has 57 heavy (non-hydrogen) atoms. The summed E-state index contributed by atoms with van der Waals surface area (Å²) in [6.07, 6.45) is 9.09. The lowest BCUT2D eigenvalue weighted by molar-refractivity contribution is -0.136. The molecule has 2 aromatic heterocycles. The van der Waals surface area contributed by atoms with E-state index in [-0.39, 0.29) is 53.0 Å². The summed E-state index contributed by atoms with van der Waals surface area (Å²) in [5.74, 6) is 0.879. The zero-order valence-corrected chi connectivity index (χ0v) is 34.3. The number of alkyl carbamates (subject to hydrolysis) is 1. The van der Waals surface area contributed by atoms with Crippen LogP contribution in [0.4, 0.5) is 4.79 Å². The lowest BCUT2D eigenvalue weighted by Crippen LogP contribution is -2.51. The maximum atomic E-state index is 13.7. The number of piperidine rings is 2. The molecule has 0 aromatic carbocycles. The van der Waals surface area contributed by atoms with Crippen molar-refractivity contribution < 1.29 is 33.4 Å². The molecule has 4 fully saturated rings. The topological polar surface area (TPSA) is 198 Å². The molecule has 0 bridgehead atoms. The van der Waals surface area contributed by atoms with Crippen LogP contribution in [0.3, 0.4) is 0 Å². The Balaban J connectivity index is 1.00. The second-order valence-electron chi connectivity index (χ2n) is 16.7. The second-order valence-corrected chi connectivity index (χ2v) is 16.7. The largest absolute Gasteiger partial charge is 0.483 e. The van der Waals surface area contributed by atoms with Gasteiger partial charge in [0.05, 0.1) is 26.3 Å². The van der Waals surface area contributed by atoms with E-state index in [9.17, 15) is 24.0 Å². The van der Waals surface area contributed by atoms with E-state index >= 15 is 0 Å². The van der Waals surface area contributed by atoms with E-state index in [0.717, 1.165) is 44.9 Å². The van der Waals surface area contributed by atoms with E-state index in [4.69, 9.17) is 14.5 Å². The maximum absolute atomic E-state index is 13.7. The number of likely N-dealkylation sites (tertiary alicyclic amines) is 4. The molecule has 2 aromatic rings. The van der Waals surface area contributed by atoms with Crippen LogP contribution in [-0.4, -0.2) is 135 Å². The number of hydrogen-bond acceptors (Lipinski definition) is 10. The summed E-state index contributed by atoms with van der Waals surface area (Å²) in [6.45, 7) is 15.1. The number of methoxy groups -OCH3 is 2. The smallest absolute Gasteiger partial charge is 0.407 e. The van der Waals surface area contributed by atoms with Crippen LogP contribution in [0.2, 0.25) is 0 Å². The third-order valence-corrected chi connectivity index (χ3v) is 12.4. The van der Waals surface area contributed by atoms with E-state index in [0.29, 0.717) is 74.6 Å². The van der Waals surface area contributed by atoms with Crippen LogP contribution in [0, 0.1) is 17.3 Å². The van der Waals surface area contributed by atoms with Gasteiger partial charge in [-0.25, -0.2) is 14.8 Å². The van der Waals surface area contributed by atoms with Gasteiger partial charge in [0, 0.05) is 51.7 Å². The fraction of sp³-hybridized carbons (Fsp3) is 0.675. The molecule has 4 saturated heterocycles. The highest BCUT2D eigenvalue weighted by atomic mass is 16.5. The average molecular weight is 793 g/mol. The highest BCUT2D eigenvalue weighted by Gasteiger charge is 2.42. The summed E-state index contributed by atoms with van der Waals surface area (Å²) >= 11 is 0. The molecule has 4 aliphatic rings. The number of carbonyl (C=O) groups is 5. The van der Waals surface area contributed by atoms with Gasteiger partial charge in [-0.2, -0.15) is 0 Å². The number of aromatic amines is 2. The normalized spacial score (nSPS) is 21.8. The van der Waals surface area contributed by atoms with Crippen molar-refractivity contribution in [2.24, 2.45) is 17.3 Å². The van der Waals surface area contributed by atoms with Crippen molar-refractivity contribution in [3.05, 3.63) is 47.9 Å². The van der Waals surface area contributed by atoms with Crippen LogP contribution in [0.25, 0.3) is 0 Å². The Morgan fingerprint density at radius 1 is 0.702 bits per heavy atom. The third-order valence-electron chi connectivity index (χ3n) is 12.4. The van der Waals surface area contributed by atoms with Crippen molar-refractivity contribution in [3.8, 4) is 0 Å². The number of rotatable bonds is 12. The highest BCUT2D eigenvalue weighted by Crippen LogP contribution is 2.42. The number of nitrogens with zero attached hydrogens (tertiary/aromatic N) is 6. The Morgan fingerprint density at radius 3 is 1.51 bits per heavy atom. The minimum Gasteiger partial charge on any atom is -0.483 e. The third kappa shape index (κ3) is 8.91. The van der Waals surface area contributed by atoms with Crippen LogP contribution in [0.5, 0.6) is 0 Å². The van der Waals surface area contributed by atoms with E-state index < -0.39 is 18.2 Å². The number of nitrogens with one attached hydrogen (secondary N) is 4. The second kappa shape index (κ2) is 17.6. The standard InChI is InChI=1S/C40H60N10O7/c1-24(2)31(43-26(5)56-6)37(53)49-16-8-10-29(49)33-41-22-27(44-33)35(51)47-18-12-40(13-19-47)14-20-48(21-15-40)36(52)28-23-42-34(45-28)30-11-9-17-50(30)38(54)32(25(3)4)46-39(55)57-7/h22-25,29-32,43H,5,8-21H2,1-4,6-7H3,(H,41,44)(H,42,45)(H,46,55)/t29-,30-,31-,32-/m0/s1. The molecular weight excluding hydrogens is 733 g/mol. The van der Waals surface area contributed by atoms with Gasteiger partial charge >= 0.3 is 6.09 Å². The Labute approximate surface area is 334 Å². The van der Waals surface area contributed by atoms with Gasteiger partial charge in [-0.15, -0.1) is 0 Å². The first-order chi connectivity index (χ1) is 27.3. The number of hydrogen-bond donors (Lipinski definition) is 4. The zero-order valence-electron chi connectivity index (χ0n) is 34.3. The van der Waals surface area contributed by atoms with Crippen molar-refractivity contribution in [2.45, 2.75) is 103 Å². The number of ether oxygens (including phenoxy) is 2. The van der Waals surface area contributed by atoms with Gasteiger partial charge < -0.3 is 49.7 Å². The van der Waals surface area contributed by atoms with Crippen molar-refractivity contribution in [2.75, 3.05) is 53.5 Å². The first kappa shape index (κ1) is 41.5. The lowest BCUT2D eigenvalue weighted by atomic mass is 9.71. The van der Waals surface area contributed by atoms with E-state index in [2.05, 4.69) is 32.2 Å². The van der Waals surface area contributed by atoms with Crippen molar-refractivity contribution in [1.29, 1.82) is 0 Å². The SMILES string of the molecule is C=C(N[C@H](C(=O)N1CCC[C@H]1c1nc(C(=O)N2CCC3(CC2)CCN(C(=O)c2c[nH]c([C@@H]4CCCN4C(=O)[C@@H](NC(=O)OC)C(C)C)n2)CC3)c[nH]1)C(C)C)OC. The van der Waals surface area contributed by atoms with Crippen LogP contribution in [-0.2, 0) is 19.1 Å². The van der Waals surface area contributed by atoms with E-state index in [1.54, 1.807) is 17.3 Å². The van der Waals surface area contributed by atoms with Crippen molar-refractivity contribution in [3.63, 3.8) is 0 Å². The molecule has 6 rings (SSSR count). The molecule has 0 saturated carbocycles. The molecule has 1 spiro atoms. The fourth-order valence-electron chi connectivity index (χ4n) is 8.86. The number of amides is 5. The first-order valence-electron chi connectivity index (χ1n) is 20.4. The number of imidazole rings is 2. The van der Waals surface area contributed by atoms with Gasteiger partial charge in [0.15, 0.2) is 5.88 Å². The average Bonchev–Trinajstić information content (AvgIpc) is 4.05. The van der Waals surface area contributed by atoms with Crippen molar-refractivity contribution >= 4 is 29.7 Å². The quantitative estimate of drug-likeness (QED) is 0.230. The maximum Gasteiger partial charge on any atom is 0.407 e. The molecule has 6 heterocycles. The molecule has 0 aliphatic carbocycles. The van der Waals surface area contributed by atoms with Crippen LogP contribution >= 0.6 is 0 Å². The van der Waals surface area contributed by atoms with E-state index in [1.165, 1.54) is 14.2 Å². The molecule has 4 N–H and O–H groups in total. The number of carbonyl (C=O) groups excluding carboxylic acids is 5. The molecule has 312 valence electrons. The van der Waals surface area contributed by atoms with Gasteiger partial charge in [0.2, 0.25) is 11.8 Å². The lowest BCUT2D eigenvalue weighted by Gasteiger charge is -2.46. The Morgan fingerprint density at radius 2 is 1.12 bits per heavy atom. The Hall–Kier alpha value is -5.09. The van der Waals surface area contributed by atoms with Crippen molar-refractivity contribution in [1.82, 2.24) is 50.2 Å². The van der Waals surface area contributed by atoms with E-state index in [1.807, 2.05) is 42.4 Å². The fourth-order valence-corrected chi connectivity index (χ4v) is 8.86. The predicted molar refractivity (Wildman–Crippen MR) is 209 cm³/mol. The summed E-state index contributed by atoms with van der Waals surface area (Å²) in [4.78, 5) is 89.5. The molecule has 0 unspecified atom stereocenters. The van der Waals surface area contributed by atoms with Crippen LogP contribution in [0.15, 0.2) is 24.9 Å². The molecule has 17 nitrogen and oxygen atoms in total. The molecule has 0 radical (unpaired) electrons. The number of H-pyrrole nitrogens is 2. The minimum atomic E-state index is -0.737. The summed E-state index contributed by atoms with van der Waals surface area (Å²) < 4.78 is 9.92. The van der Waals surface area contributed by atoms with Gasteiger partial charge in [0.25, 0.3) is 11.8 Å². The zero-order chi connectivity index (χ0) is 41.0.